The predicted molar refractivity (Wildman–Crippen MR) is 185 cm³/mol. The van der Waals surface area contributed by atoms with E-state index in [1.54, 1.807) is 6.07 Å². The van der Waals surface area contributed by atoms with Crippen molar-refractivity contribution < 1.29 is 17.9 Å². The summed E-state index contributed by atoms with van der Waals surface area (Å²) >= 11 is 0. The molecule has 48 heavy (non-hydrogen) atoms. The lowest BCUT2D eigenvalue weighted by atomic mass is 9.98. The number of hydrogen-bond donors (Lipinski definition) is 5. The van der Waals surface area contributed by atoms with Gasteiger partial charge >= 0.3 is 6.03 Å². The molecular weight excluding hydrogens is 627 g/mol. The summed E-state index contributed by atoms with van der Waals surface area (Å²) in [6, 6.07) is 18.0. The van der Waals surface area contributed by atoms with E-state index in [0.29, 0.717) is 43.2 Å². The fourth-order valence-corrected chi connectivity index (χ4v) is 8.39. The van der Waals surface area contributed by atoms with Crippen molar-refractivity contribution in [1.82, 2.24) is 30.3 Å². The molecule has 5 aromatic rings. The topological polar surface area (TPSA) is 150 Å². The maximum atomic E-state index is 13.9. The maximum Gasteiger partial charge on any atom is 0.315 e. The molecule has 11 nitrogen and oxygen atoms in total. The largest absolute Gasteiger partial charge is 0.491 e. The minimum Gasteiger partial charge on any atom is -0.491 e. The average Bonchev–Trinajstić information content (AvgIpc) is 3.76. The second-order valence-electron chi connectivity index (χ2n) is 13.6. The highest BCUT2D eigenvalue weighted by Gasteiger charge is 2.38. The number of benzene rings is 3. The first-order chi connectivity index (χ1) is 23.2. The van der Waals surface area contributed by atoms with Gasteiger partial charge in [0.25, 0.3) is 0 Å². The Bertz CT molecular complexity index is 2110. The minimum absolute atomic E-state index is 0.135. The third-order valence-corrected chi connectivity index (χ3v) is 10.9. The van der Waals surface area contributed by atoms with Gasteiger partial charge in [-0.1, -0.05) is 44.2 Å². The zero-order valence-corrected chi connectivity index (χ0v) is 27.7. The molecule has 1 aliphatic heterocycles. The quantitative estimate of drug-likeness (QED) is 0.133. The molecule has 12 heteroatoms. The number of fused-ring (bicyclic) bond motifs is 5. The molecule has 1 fully saturated rings. The number of aromatic nitrogens is 3. The van der Waals surface area contributed by atoms with Gasteiger partial charge in [0.15, 0.2) is 0 Å². The number of urea groups is 1. The van der Waals surface area contributed by atoms with E-state index in [1.807, 2.05) is 74.6 Å². The molecule has 2 aromatic heterocycles. The molecule has 3 atom stereocenters. The second-order valence-corrected chi connectivity index (χ2v) is 15.3. The zero-order chi connectivity index (χ0) is 33.0. The summed E-state index contributed by atoms with van der Waals surface area (Å²) in [5.74, 6) is 1.92. The van der Waals surface area contributed by atoms with Crippen LogP contribution in [0.25, 0.3) is 21.8 Å². The fourth-order valence-electron chi connectivity index (χ4n) is 6.94. The third kappa shape index (κ3) is 5.94. The van der Waals surface area contributed by atoms with Gasteiger partial charge in [0.2, 0.25) is 16.0 Å². The molecule has 0 radical (unpaired) electrons. The van der Waals surface area contributed by atoms with Gasteiger partial charge in [0.1, 0.15) is 12.4 Å². The molecule has 3 heterocycles. The van der Waals surface area contributed by atoms with Gasteiger partial charge in [0, 0.05) is 35.1 Å². The smallest absolute Gasteiger partial charge is 0.315 e. The van der Waals surface area contributed by atoms with Gasteiger partial charge in [-0.15, -0.1) is 0 Å². The molecule has 3 aromatic carbocycles. The van der Waals surface area contributed by atoms with E-state index in [1.165, 1.54) is 0 Å². The van der Waals surface area contributed by atoms with Crippen molar-refractivity contribution in [3.05, 3.63) is 89.2 Å². The summed E-state index contributed by atoms with van der Waals surface area (Å²) < 4.78 is 36.6. The lowest BCUT2D eigenvalue weighted by Gasteiger charge is -2.27. The number of rotatable bonds is 9. The highest BCUT2D eigenvalue weighted by atomic mass is 32.2. The van der Waals surface area contributed by atoms with Crippen LogP contribution in [0, 0.1) is 5.92 Å². The molecule has 8 rings (SSSR count). The SMILES string of the molecule is CC(C)CNS(=O)(=O)c1cc2c(c3cnc(C4CC4)cc13)[C@@H](Nc1nc3ccccc3[nH]1)C[C@@H]2NC(=O)NC1COc2ccccc2C1. The van der Waals surface area contributed by atoms with Gasteiger partial charge in [0.05, 0.1) is 34.1 Å². The van der Waals surface area contributed by atoms with Gasteiger partial charge < -0.3 is 25.7 Å². The Morgan fingerprint density at radius 2 is 1.83 bits per heavy atom. The Hall–Kier alpha value is -4.68. The van der Waals surface area contributed by atoms with E-state index in [4.69, 9.17) is 14.7 Å². The number of H-pyrrole nitrogens is 1. The number of hydrogen-bond acceptors (Lipinski definition) is 7. The Labute approximate surface area is 279 Å². The predicted octanol–water partition coefficient (Wildman–Crippen LogP) is 5.82. The number of anilines is 1. The maximum absolute atomic E-state index is 13.9. The summed E-state index contributed by atoms with van der Waals surface area (Å²) in [7, 11) is -3.88. The molecule has 2 aliphatic carbocycles. The van der Waals surface area contributed by atoms with Crippen LogP contribution in [0.1, 0.15) is 73.5 Å². The first-order valence-electron chi connectivity index (χ1n) is 16.7. The first kappa shape index (κ1) is 30.6. The van der Waals surface area contributed by atoms with Crippen LogP contribution < -0.4 is 25.4 Å². The van der Waals surface area contributed by atoms with E-state index in [2.05, 4.69) is 25.7 Å². The van der Waals surface area contributed by atoms with Crippen molar-refractivity contribution in [1.29, 1.82) is 0 Å². The molecule has 5 N–H and O–H groups in total. The number of carbonyl (C=O) groups is 1. The third-order valence-electron chi connectivity index (χ3n) is 9.46. The Balaban J connectivity index is 1.17. The first-order valence-corrected chi connectivity index (χ1v) is 18.2. The molecule has 0 saturated heterocycles. The summed E-state index contributed by atoms with van der Waals surface area (Å²) in [5, 5.41) is 11.2. The molecule has 2 amide bonds. The monoisotopic (exact) mass is 665 g/mol. The molecule has 0 spiro atoms. The van der Waals surface area contributed by atoms with Crippen LogP contribution in [-0.4, -0.2) is 48.6 Å². The second kappa shape index (κ2) is 12.1. The van der Waals surface area contributed by atoms with Gasteiger partial charge in [-0.2, -0.15) is 0 Å². The minimum atomic E-state index is -3.88. The van der Waals surface area contributed by atoms with E-state index in [9.17, 15) is 13.2 Å². The molecule has 1 saturated carbocycles. The van der Waals surface area contributed by atoms with Crippen molar-refractivity contribution >= 4 is 43.8 Å². The standard InChI is InChI=1S/C36H39N7O4S/c1-20(2)17-38-48(45,46)33-15-25-30(43-36(44)39-23-13-22-7-3-6-10-32(22)47-19-23)16-31(42-35-40-27-8-4-5-9-28(27)41-35)34(25)26-18-37-29(14-24(26)33)21-11-12-21/h3-10,14-15,18,20-21,23,30-31,38H,11-13,16-17,19H2,1-2H3,(H2,39,43,44)(H2,40,41,42)/t23?,30-,31-/m0/s1. The number of nitrogens with one attached hydrogen (secondary N) is 5. The highest BCUT2D eigenvalue weighted by molar-refractivity contribution is 7.89. The normalized spacial score (nSPS) is 20.4. The number of pyridine rings is 1. The van der Waals surface area contributed by atoms with Crippen molar-refractivity contribution in [2.75, 3.05) is 18.5 Å². The number of aromatic amines is 1. The number of sulfonamides is 1. The van der Waals surface area contributed by atoms with Gasteiger partial charge in [-0.05, 0) is 78.6 Å². The molecule has 1 unspecified atom stereocenters. The van der Waals surface area contributed by atoms with Crippen molar-refractivity contribution in [2.24, 2.45) is 5.92 Å². The summed E-state index contributed by atoms with van der Waals surface area (Å²) in [5.41, 5.74) is 5.34. The van der Waals surface area contributed by atoms with E-state index in [-0.39, 0.29) is 28.9 Å². The number of para-hydroxylation sites is 3. The lowest BCUT2D eigenvalue weighted by molar-refractivity contribution is 0.211. The molecule has 3 aliphatic rings. The zero-order valence-electron chi connectivity index (χ0n) is 26.9. The Kier molecular flexibility index (Phi) is 7.72. The Morgan fingerprint density at radius 1 is 1.02 bits per heavy atom. The average molecular weight is 666 g/mol. The molecule has 0 bridgehead atoms. The number of ether oxygens (including phenoxy) is 1. The number of imidazole rings is 1. The van der Waals surface area contributed by atoms with E-state index >= 15 is 0 Å². The van der Waals surface area contributed by atoms with Crippen molar-refractivity contribution in [3.63, 3.8) is 0 Å². The number of amides is 2. The lowest BCUT2D eigenvalue weighted by Crippen LogP contribution is -2.47. The van der Waals surface area contributed by atoms with Crippen LogP contribution in [0.5, 0.6) is 5.75 Å². The van der Waals surface area contributed by atoms with Crippen LogP contribution in [0.4, 0.5) is 10.7 Å². The van der Waals surface area contributed by atoms with Crippen LogP contribution in [0.15, 0.2) is 71.8 Å². The fraction of sp³-hybridized carbons (Fsp3) is 0.361. The van der Waals surface area contributed by atoms with Crippen LogP contribution >= 0.6 is 0 Å². The van der Waals surface area contributed by atoms with Gasteiger partial charge in [-0.25, -0.2) is 22.9 Å². The van der Waals surface area contributed by atoms with Crippen LogP contribution in [0.2, 0.25) is 0 Å². The highest BCUT2D eigenvalue weighted by Crippen LogP contribution is 2.47. The molecular formula is C36H39N7O4S. The van der Waals surface area contributed by atoms with Gasteiger partial charge in [-0.3, -0.25) is 4.98 Å². The number of carbonyl (C=O) groups excluding carboxylic acids is 1. The summed E-state index contributed by atoms with van der Waals surface area (Å²) in [4.78, 5) is 26.7. The number of nitrogens with zero attached hydrogens (tertiary/aromatic N) is 2. The van der Waals surface area contributed by atoms with Crippen molar-refractivity contribution in [2.45, 2.75) is 68.5 Å². The van der Waals surface area contributed by atoms with E-state index in [0.717, 1.165) is 57.4 Å². The molecule has 248 valence electrons. The van der Waals surface area contributed by atoms with E-state index < -0.39 is 16.1 Å². The van der Waals surface area contributed by atoms with Crippen LogP contribution in [0.3, 0.4) is 0 Å². The summed E-state index contributed by atoms with van der Waals surface area (Å²) in [6.07, 6.45) is 5.05. The Morgan fingerprint density at radius 3 is 2.65 bits per heavy atom. The summed E-state index contributed by atoms with van der Waals surface area (Å²) in [6.45, 7) is 4.63. The van der Waals surface area contributed by atoms with Crippen molar-refractivity contribution in [3.8, 4) is 5.75 Å². The van der Waals surface area contributed by atoms with Crippen LogP contribution in [-0.2, 0) is 16.4 Å².